The Labute approximate surface area is 118 Å². The fourth-order valence-corrected chi connectivity index (χ4v) is 3.18. The zero-order valence-corrected chi connectivity index (χ0v) is 12.9. The number of halogens is 1. The second kappa shape index (κ2) is 5.57. The number of hydrogen-bond acceptors (Lipinski definition) is 2. The Bertz CT molecular complexity index is 378. The molecule has 1 aliphatic heterocycles. The van der Waals surface area contributed by atoms with Gasteiger partial charge in [0, 0.05) is 28.7 Å². The Balaban J connectivity index is 2.29. The lowest BCUT2D eigenvalue weighted by Gasteiger charge is -2.43. The van der Waals surface area contributed by atoms with E-state index in [2.05, 4.69) is 77.8 Å². The highest BCUT2D eigenvalue weighted by atomic mass is 127. The highest BCUT2D eigenvalue weighted by molar-refractivity contribution is 14.1. The summed E-state index contributed by atoms with van der Waals surface area (Å²) in [6.07, 6.45) is 0. The maximum atomic E-state index is 3.59. The molecule has 3 heteroatoms. The van der Waals surface area contributed by atoms with Crippen molar-refractivity contribution >= 4 is 28.3 Å². The lowest BCUT2D eigenvalue weighted by atomic mass is 9.98. The summed E-state index contributed by atoms with van der Waals surface area (Å²) in [4.78, 5) is 2.58. The first kappa shape index (κ1) is 13.1. The van der Waals surface area contributed by atoms with E-state index in [0.717, 1.165) is 13.1 Å². The summed E-state index contributed by atoms with van der Waals surface area (Å²) < 4.78 is 1.35. The summed E-state index contributed by atoms with van der Waals surface area (Å²) in [5, 5.41) is 3.59. The van der Waals surface area contributed by atoms with E-state index in [9.17, 15) is 0 Å². The molecule has 1 fully saturated rings. The summed E-state index contributed by atoms with van der Waals surface area (Å²) in [6.45, 7) is 9.07. The quantitative estimate of drug-likeness (QED) is 0.830. The van der Waals surface area contributed by atoms with Crippen molar-refractivity contribution in [3.63, 3.8) is 0 Å². The first-order chi connectivity index (χ1) is 8.09. The maximum Gasteiger partial charge on any atom is 0.0505 e. The SMILES string of the molecule is CC1CN(c2ccccc2I)C(C(C)C)CN1. The fraction of sp³-hybridized carbons (Fsp3) is 0.571. The number of piperazine rings is 1. The molecule has 0 aromatic heterocycles. The van der Waals surface area contributed by atoms with Gasteiger partial charge in [-0.25, -0.2) is 0 Å². The van der Waals surface area contributed by atoms with Gasteiger partial charge in [-0.15, -0.1) is 0 Å². The Morgan fingerprint density at radius 2 is 2.06 bits per heavy atom. The Morgan fingerprint density at radius 3 is 2.71 bits per heavy atom. The van der Waals surface area contributed by atoms with Crippen molar-refractivity contribution in [1.29, 1.82) is 0 Å². The van der Waals surface area contributed by atoms with Gasteiger partial charge < -0.3 is 10.2 Å². The van der Waals surface area contributed by atoms with Crippen LogP contribution < -0.4 is 10.2 Å². The van der Waals surface area contributed by atoms with Crippen molar-refractivity contribution in [1.82, 2.24) is 5.32 Å². The summed E-state index contributed by atoms with van der Waals surface area (Å²) in [7, 11) is 0. The minimum atomic E-state index is 0.570. The Hall–Kier alpha value is -0.290. The number of nitrogens with one attached hydrogen (secondary N) is 1. The standard InChI is InChI=1S/C14H21IN2/c1-10(2)14-8-16-11(3)9-17(14)13-7-5-4-6-12(13)15/h4-7,10-11,14,16H,8-9H2,1-3H3. The van der Waals surface area contributed by atoms with Crippen molar-refractivity contribution in [3.8, 4) is 0 Å². The van der Waals surface area contributed by atoms with E-state index in [1.807, 2.05) is 0 Å². The van der Waals surface area contributed by atoms with Crippen LogP contribution in [0, 0.1) is 9.49 Å². The number of hydrogen-bond donors (Lipinski definition) is 1. The molecular formula is C14H21IN2. The monoisotopic (exact) mass is 344 g/mol. The van der Waals surface area contributed by atoms with E-state index < -0.39 is 0 Å². The van der Waals surface area contributed by atoms with Crippen LogP contribution in [0.15, 0.2) is 24.3 Å². The van der Waals surface area contributed by atoms with E-state index in [4.69, 9.17) is 0 Å². The zero-order chi connectivity index (χ0) is 12.4. The molecule has 2 rings (SSSR count). The molecule has 0 aliphatic carbocycles. The van der Waals surface area contributed by atoms with E-state index in [1.165, 1.54) is 9.26 Å². The van der Waals surface area contributed by atoms with Crippen LogP contribution in [0.25, 0.3) is 0 Å². The topological polar surface area (TPSA) is 15.3 Å². The molecule has 17 heavy (non-hydrogen) atoms. The molecular weight excluding hydrogens is 323 g/mol. The maximum absolute atomic E-state index is 3.59. The van der Waals surface area contributed by atoms with Crippen LogP contribution >= 0.6 is 22.6 Å². The van der Waals surface area contributed by atoms with Crippen LogP contribution in [0.4, 0.5) is 5.69 Å². The van der Waals surface area contributed by atoms with Crippen LogP contribution in [0.3, 0.4) is 0 Å². The predicted octanol–water partition coefficient (Wildman–Crippen LogP) is 3.11. The Morgan fingerprint density at radius 1 is 1.35 bits per heavy atom. The smallest absolute Gasteiger partial charge is 0.0505 e. The molecule has 1 N–H and O–H groups in total. The van der Waals surface area contributed by atoms with Crippen LogP contribution in [0.2, 0.25) is 0 Å². The molecule has 0 radical (unpaired) electrons. The third kappa shape index (κ3) is 2.94. The molecule has 1 heterocycles. The normalized spacial score (nSPS) is 25.4. The van der Waals surface area contributed by atoms with Crippen LogP contribution in [-0.2, 0) is 0 Å². The van der Waals surface area contributed by atoms with Gasteiger partial charge in [0.05, 0.1) is 5.69 Å². The van der Waals surface area contributed by atoms with Gasteiger partial charge in [0.25, 0.3) is 0 Å². The fourth-order valence-electron chi connectivity index (χ4n) is 2.48. The molecule has 0 saturated carbocycles. The highest BCUT2D eigenvalue weighted by Gasteiger charge is 2.28. The van der Waals surface area contributed by atoms with E-state index in [-0.39, 0.29) is 0 Å². The van der Waals surface area contributed by atoms with Gasteiger partial charge >= 0.3 is 0 Å². The number of benzene rings is 1. The molecule has 2 nitrogen and oxygen atoms in total. The predicted molar refractivity (Wildman–Crippen MR) is 82.6 cm³/mol. The van der Waals surface area contributed by atoms with Crippen molar-refractivity contribution in [2.75, 3.05) is 18.0 Å². The van der Waals surface area contributed by atoms with Crippen molar-refractivity contribution in [2.24, 2.45) is 5.92 Å². The van der Waals surface area contributed by atoms with Gasteiger partial charge in [-0.3, -0.25) is 0 Å². The lowest BCUT2D eigenvalue weighted by molar-refractivity contribution is 0.349. The molecule has 1 aromatic carbocycles. The first-order valence-electron chi connectivity index (χ1n) is 6.34. The van der Waals surface area contributed by atoms with Crippen LogP contribution in [0.5, 0.6) is 0 Å². The molecule has 2 atom stereocenters. The van der Waals surface area contributed by atoms with E-state index in [1.54, 1.807) is 0 Å². The summed E-state index contributed by atoms with van der Waals surface area (Å²) in [5.74, 6) is 0.672. The third-order valence-corrected chi connectivity index (χ3v) is 4.39. The Kier molecular flexibility index (Phi) is 4.31. The van der Waals surface area contributed by atoms with Gasteiger partial charge in [0.15, 0.2) is 0 Å². The first-order valence-corrected chi connectivity index (χ1v) is 7.42. The van der Waals surface area contributed by atoms with Gasteiger partial charge in [-0.1, -0.05) is 26.0 Å². The average molecular weight is 344 g/mol. The van der Waals surface area contributed by atoms with Gasteiger partial charge in [-0.05, 0) is 47.6 Å². The summed E-state index contributed by atoms with van der Waals surface area (Å²) >= 11 is 2.44. The molecule has 94 valence electrons. The average Bonchev–Trinajstić information content (AvgIpc) is 2.29. The van der Waals surface area contributed by atoms with E-state index in [0.29, 0.717) is 18.0 Å². The number of nitrogens with zero attached hydrogens (tertiary/aromatic N) is 1. The minimum Gasteiger partial charge on any atom is -0.365 e. The largest absolute Gasteiger partial charge is 0.365 e. The molecule has 1 aromatic rings. The van der Waals surface area contributed by atoms with Crippen LogP contribution in [0.1, 0.15) is 20.8 Å². The van der Waals surface area contributed by atoms with Crippen molar-refractivity contribution in [3.05, 3.63) is 27.8 Å². The summed E-state index contributed by atoms with van der Waals surface area (Å²) in [5.41, 5.74) is 1.39. The lowest BCUT2D eigenvalue weighted by Crippen LogP contribution is -2.57. The van der Waals surface area contributed by atoms with E-state index >= 15 is 0 Å². The van der Waals surface area contributed by atoms with Gasteiger partial charge in [-0.2, -0.15) is 0 Å². The number of anilines is 1. The molecule has 2 unspecified atom stereocenters. The highest BCUT2D eigenvalue weighted by Crippen LogP contribution is 2.28. The van der Waals surface area contributed by atoms with Crippen molar-refractivity contribution < 1.29 is 0 Å². The summed E-state index contributed by atoms with van der Waals surface area (Å²) in [6, 6.07) is 9.86. The van der Waals surface area contributed by atoms with Crippen molar-refractivity contribution in [2.45, 2.75) is 32.9 Å². The third-order valence-electron chi connectivity index (χ3n) is 3.48. The zero-order valence-electron chi connectivity index (χ0n) is 10.8. The second-order valence-corrected chi connectivity index (χ2v) is 6.39. The second-order valence-electron chi connectivity index (χ2n) is 5.22. The number of rotatable bonds is 2. The minimum absolute atomic E-state index is 0.570. The number of para-hydroxylation sites is 1. The van der Waals surface area contributed by atoms with Gasteiger partial charge in [0.1, 0.15) is 0 Å². The molecule has 0 bridgehead atoms. The van der Waals surface area contributed by atoms with Crippen LogP contribution in [-0.4, -0.2) is 25.2 Å². The molecule has 1 saturated heterocycles. The molecule has 0 amide bonds. The molecule has 0 spiro atoms. The van der Waals surface area contributed by atoms with Gasteiger partial charge in [0.2, 0.25) is 0 Å². The molecule has 1 aliphatic rings.